The third-order valence-corrected chi connectivity index (χ3v) is 5.58. The SMILES string of the molecule is O=c1c2c(ncn2Cc2ccccc2)n(-c2cccc(Cl)c2)c(=O)n1Cc1ccccc1. The van der Waals surface area contributed by atoms with Crippen LogP contribution < -0.4 is 11.2 Å². The molecule has 0 amide bonds. The molecule has 0 radical (unpaired) electrons. The molecule has 0 aliphatic rings. The molecule has 3 aromatic carbocycles. The standard InChI is InChI=1S/C25H19ClN4O2/c26-20-12-7-13-21(14-20)30-23-22(28(17-27-23)15-18-8-3-1-4-9-18)24(31)29(25(30)32)16-19-10-5-2-6-11-19/h1-14,17H,15-16H2. The topological polar surface area (TPSA) is 61.8 Å². The van der Waals surface area contributed by atoms with Crippen molar-refractivity contribution in [3.63, 3.8) is 0 Å². The van der Waals surface area contributed by atoms with E-state index in [1.165, 1.54) is 9.13 Å². The van der Waals surface area contributed by atoms with Gasteiger partial charge in [0.25, 0.3) is 5.56 Å². The van der Waals surface area contributed by atoms with Gasteiger partial charge in [-0.2, -0.15) is 0 Å². The second kappa shape index (κ2) is 8.32. The van der Waals surface area contributed by atoms with E-state index in [2.05, 4.69) is 4.98 Å². The maximum Gasteiger partial charge on any atom is 0.337 e. The van der Waals surface area contributed by atoms with E-state index in [0.717, 1.165) is 11.1 Å². The lowest BCUT2D eigenvalue weighted by atomic mass is 10.2. The van der Waals surface area contributed by atoms with E-state index < -0.39 is 5.69 Å². The van der Waals surface area contributed by atoms with Crippen molar-refractivity contribution in [2.45, 2.75) is 13.1 Å². The predicted molar refractivity (Wildman–Crippen MR) is 126 cm³/mol. The number of aromatic nitrogens is 4. The van der Waals surface area contributed by atoms with Gasteiger partial charge in [0.05, 0.1) is 18.6 Å². The highest BCUT2D eigenvalue weighted by Crippen LogP contribution is 2.18. The fourth-order valence-corrected chi connectivity index (χ4v) is 4.02. The first-order valence-electron chi connectivity index (χ1n) is 10.2. The molecule has 0 saturated heterocycles. The van der Waals surface area contributed by atoms with E-state index in [-0.39, 0.29) is 12.1 Å². The zero-order chi connectivity index (χ0) is 22.1. The molecular weight excluding hydrogens is 424 g/mol. The highest BCUT2D eigenvalue weighted by molar-refractivity contribution is 6.30. The van der Waals surface area contributed by atoms with Gasteiger partial charge in [0.15, 0.2) is 11.2 Å². The molecule has 5 aromatic rings. The van der Waals surface area contributed by atoms with Crippen molar-refractivity contribution >= 4 is 22.8 Å². The lowest BCUT2D eigenvalue weighted by Gasteiger charge is -2.13. The zero-order valence-corrected chi connectivity index (χ0v) is 17.8. The molecule has 0 bridgehead atoms. The predicted octanol–water partition coefficient (Wildman–Crippen LogP) is 4.10. The summed E-state index contributed by atoms with van der Waals surface area (Å²) < 4.78 is 4.49. The quantitative estimate of drug-likeness (QED) is 0.411. The summed E-state index contributed by atoms with van der Waals surface area (Å²) in [6.45, 7) is 0.622. The van der Waals surface area contributed by atoms with Crippen LogP contribution >= 0.6 is 11.6 Å². The number of nitrogens with zero attached hydrogens (tertiary/aromatic N) is 4. The molecular formula is C25H19ClN4O2. The number of rotatable bonds is 5. The van der Waals surface area contributed by atoms with Crippen LogP contribution in [0.2, 0.25) is 5.02 Å². The molecule has 0 saturated carbocycles. The Morgan fingerprint density at radius 3 is 2.09 bits per heavy atom. The molecule has 158 valence electrons. The summed E-state index contributed by atoms with van der Waals surface area (Å²) in [5, 5.41) is 0.493. The molecule has 5 rings (SSSR count). The van der Waals surface area contributed by atoms with Crippen LogP contribution in [-0.2, 0) is 13.1 Å². The fraction of sp³-hybridized carbons (Fsp3) is 0.0800. The fourth-order valence-electron chi connectivity index (χ4n) is 3.83. The first kappa shape index (κ1) is 20.0. The first-order valence-corrected chi connectivity index (χ1v) is 10.5. The zero-order valence-electron chi connectivity index (χ0n) is 17.1. The van der Waals surface area contributed by atoms with Gasteiger partial charge in [-0.3, -0.25) is 9.36 Å². The molecule has 0 N–H and O–H groups in total. The van der Waals surface area contributed by atoms with Gasteiger partial charge in [-0.05, 0) is 29.3 Å². The van der Waals surface area contributed by atoms with Crippen LogP contribution in [0.15, 0.2) is 101 Å². The summed E-state index contributed by atoms with van der Waals surface area (Å²) in [5.74, 6) is 0. The Morgan fingerprint density at radius 2 is 1.44 bits per heavy atom. The summed E-state index contributed by atoms with van der Waals surface area (Å²) in [7, 11) is 0. The average Bonchev–Trinajstić information content (AvgIpc) is 3.21. The van der Waals surface area contributed by atoms with Crippen LogP contribution in [0.5, 0.6) is 0 Å². The van der Waals surface area contributed by atoms with Crippen molar-refractivity contribution in [3.05, 3.63) is 128 Å². The van der Waals surface area contributed by atoms with Crippen LogP contribution in [-0.4, -0.2) is 18.7 Å². The Kier molecular flexibility index (Phi) is 5.21. The normalized spacial score (nSPS) is 11.2. The molecule has 6 nitrogen and oxygen atoms in total. The minimum absolute atomic E-state index is 0.158. The molecule has 0 atom stereocenters. The lowest BCUT2D eigenvalue weighted by Crippen LogP contribution is -2.40. The van der Waals surface area contributed by atoms with E-state index >= 15 is 0 Å². The lowest BCUT2D eigenvalue weighted by molar-refractivity contribution is 0.677. The average molecular weight is 443 g/mol. The van der Waals surface area contributed by atoms with Gasteiger partial charge in [0, 0.05) is 11.6 Å². The Balaban J connectivity index is 1.78. The monoisotopic (exact) mass is 442 g/mol. The van der Waals surface area contributed by atoms with Gasteiger partial charge in [-0.1, -0.05) is 78.3 Å². The van der Waals surface area contributed by atoms with Gasteiger partial charge in [0.1, 0.15) is 0 Å². The smallest absolute Gasteiger partial charge is 0.320 e. The maximum absolute atomic E-state index is 13.5. The van der Waals surface area contributed by atoms with Gasteiger partial charge in [-0.15, -0.1) is 0 Å². The second-order valence-corrected chi connectivity index (χ2v) is 7.94. The Hall–Kier alpha value is -3.90. The Morgan fingerprint density at radius 1 is 0.781 bits per heavy atom. The molecule has 2 aromatic heterocycles. The number of imidazole rings is 1. The third kappa shape index (κ3) is 3.65. The minimum Gasteiger partial charge on any atom is -0.320 e. The number of fused-ring (bicyclic) bond motifs is 1. The molecule has 0 unspecified atom stereocenters. The highest BCUT2D eigenvalue weighted by Gasteiger charge is 2.19. The van der Waals surface area contributed by atoms with Crippen molar-refractivity contribution in [1.82, 2.24) is 18.7 Å². The largest absolute Gasteiger partial charge is 0.337 e. The second-order valence-electron chi connectivity index (χ2n) is 7.51. The Bertz CT molecular complexity index is 1520. The first-order chi connectivity index (χ1) is 15.6. The highest BCUT2D eigenvalue weighted by atomic mass is 35.5. The van der Waals surface area contributed by atoms with Crippen molar-refractivity contribution in [2.75, 3.05) is 0 Å². The number of halogens is 1. The van der Waals surface area contributed by atoms with E-state index in [1.54, 1.807) is 35.2 Å². The van der Waals surface area contributed by atoms with Crippen molar-refractivity contribution in [1.29, 1.82) is 0 Å². The summed E-state index contributed by atoms with van der Waals surface area (Å²) in [6, 6.07) is 26.2. The molecule has 0 aliphatic carbocycles. The summed E-state index contributed by atoms with van der Waals surface area (Å²) in [4.78, 5) is 31.5. The molecule has 32 heavy (non-hydrogen) atoms. The third-order valence-electron chi connectivity index (χ3n) is 5.35. The van der Waals surface area contributed by atoms with Gasteiger partial charge >= 0.3 is 5.69 Å². The summed E-state index contributed by atoms with van der Waals surface area (Å²) in [5.41, 5.74) is 2.28. The van der Waals surface area contributed by atoms with Gasteiger partial charge < -0.3 is 4.57 Å². The van der Waals surface area contributed by atoms with E-state index in [1.807, 2.05) is 60.7 Å². The van der Waals surface area contributed by atoms with Crippen LogP contribution in [0.1, 0.15) is 11.1 Å². The van der Waals surface area contributed by atoms with Crippen molar-refractivity contribution in [2.24, 2.45) is 0 Å². The molecule has 0 aliphatic heterocycles. The van der Waals surface area contributed by atoms with Gasteiger partial charge in [-0.25, -0.2) is 14.3 Å². The van der Waals surface area contributed by atoms with E-state index in [9.17, 15) is 9.59 Å². The van der Waals surface area contributed by atoms with Crippen LogP contribution in [0, 0.1) is 0 Å². The summed E-state index contributed by atoms with van der Waals surface area (Å²) >= 11 is 6.20. The van der Waals surface area contributed by atoms with Crippen molar-refractivity contribution in [3.8, 4) is 5.69 Å². The number of hydrogen-bond acceptors (Lipinski definition) is 3. The van der Waals surface area contributed by atoms with E-state index in [4.69, 9.17) is 11.6 Å². The maximum atomic E-state index is 13.5. The van der Waals surface area contributed by atoms with Crippen LogP contribution in [0.25, 0.3) is 16.9 Å². The molecule has 7 heteroatoms. The number of benzene rings is 3. The van der Waals surface area contributed by atoms with Crippen LogP contribution in [0.3, 0.4) is 0 Å². The Labute approximate surface area is 188 Å². The van der Waals surface area contributed by atoms with Gasteiger partial charge in [0.2, 0.25) is 0 Å². The molecule has 2 heterocycles. The number of hydrogen-bond donors (Lipinski definition) is 0. The molecule has 0 spiro atoms. The van der Waals surface area contributed by atoms with Crippen LogP contribution in [0.4, 0.5) is 0 Å². The molecule has 0 fully saturated rings. The minimum atomic E-state index is -0.460. The van der Waals surface area contributed by atoms with Crippen molar-refractivity contribution < 1.29 is 0 Å². The van der Waals surface area contributed by atoms with E-state index in [0.29, 0.717) is 28.4 Å². The summed E-state index contributed by atoms with van der Waals surface area (Å²) in [6.07, 6.45) is 1.60.